The van der Waals surface area contributed by atoms with Crippen molar-refractivity contribution in [1.82, 2.24) is 0 Å². The smallest absolute Gasteiger partial charge is 0.164 e. The molecule has 0 aliphatic rings. The average Bonchev–Trinajstić information content (AvgIpc) is 2.37. The van der Waals surface area contributed by atoms with Crippen molar-refractivity contribution in [2.45, 2.75) is 20.8 Å². The first-order valence-corrected chi connectivity index (χ1v) is 6.08. The number of hydrogen-bond acceptors (Lipinski definition) is 4. The van der Waals surface area contributed by atoms with Crippen LogP contribution in [-0.2, 0) is 0 Å². The van der Waals surface area contributed by atoms with E-state index in [-0.39, 0.29) is 49.8 Å². The minimum absolute atomic E-state index is 0.0143. The highest BCUT2D eigenvalue weighted by molar-refractivity contribution is 6.05. The van der Waals surface area contributed by atoms with E-state index in [9.17, 15) is 20.1 Å². The molecule has 0 bridgehead atoms. The van der Waals surface area contributed by atoms with Crippen LogP contribution >= 0.6 is 0 Å². The Morgan fingerprint density at radius 2 is 1.25 bits per heavy atom. The van der Waals surface area contributed by atoms with E-state index in [0.717, 1.165) is 0 Å². The van der Waals surface area contributed by atoms with Gasteiger partial charge in [0, 0.05) is 16.0 Å². The van der Waals surface area contributed by atoms with Gasteiger partial charge in [-0.3, -0.25) is 4.79 Å². The molecule has 0 aliphatic heterocycles. The van der Waals surface area contributed by atoms with Gasteiger partial charge in [0.1, 0.15) is 17.2 Å². The van der Waals surface area contributed by atoms with E-state index >= 15 is 0 Å². The summed E-state index contributed by atoms with van der Waals surface area (Å²) < 4.78 is 0. The molecule has 4 nitrogen and oxygen atoms in total. The van der Waals surface area contributed by atoms with Gasteiger partial charge in [-0.15, -0.1) is 0 Å². The Hall–Kier alpha value is -2.49. The molecule has 0 fully saturated rings. The molecule has 0 amide bonds. The summed E-state index contributed by atoms with van der Waals surface area (Å²) in [6.07, 6.45) is 0. The minimum atomic E-state index is -0.378. The molecule has 0 saturated carbocycles. The molecule has 0 radical (unpaired) electrons. The summed E-state index contributed by atoms with van der Waals surface area (Å²) in [4.78, 5) is 11.7. The molecule has 0 spiro atoms. The van der Waals surface area contributed by atoms with Crippen LogP contribution in [-0.4, -0.2) is 21.1 Å². The van der Waals surface area contributed by atoms with Gasteiger partial charge in [-0.25, -0.2) is 0 Å². The van der Waals surface area contributed by atoms with E-state index in [2.05, 4.69) is 13.2 Å². The molecule has 20 heavy (non-hydrogen) atoms. The fourth-order valence-electron chi connectivity index (χ4n) is 2.47. The van der Waals surface area contributed by atoms with E-state index in [1.54, 1.807) is 13.8 Å². The van der Waals surface area contributed by atoms with E-state index in [0.29, 0.717) is 11.1 Å². The number of Topliss-reactive ketones (excluding diaryl/α,β-unsaturated/α-hetero) is 1. The van der Waals surface area contributed by atoms with Crippen molar-refractivity contribution in [2.24, 2.45) is 0 Å². The van der Waals surface area contributed by atoms with Crippen LogP contribution in [0.25, 0.3) is 23.9 Å². The lowest BCUT2D eigenvalue weighted by Crippen LogP contribution is -2.20. The molecule has 2 rings (SSSR count). The summed E-state index contributed by atoms with van der Waals surface area (Å²) in [5, 5.41) is 31.4. The second-order valence-corrected chi connectivity index (χ2v) is 4.93. The van der Waals surface area contributed by atoms with Crippen LogP contribution in [0.2, 0.25) is 0 Å². The van der Waals surface area contributed by atoms with Gasteiger partial charge in [0.15, 0.2) is 5.78 Å². The lowest BCUT2D eigenvalue weighted by Gasteiger charge is -2.15. The first-order valence-electron chi connectivity index (χ1n) is 6.08. The standard InChI is InChI=1S/C16H16O4/c1-6-7(2)15(19)13-9(4)16(20)11(10(5)17)8(3)12(13)14(6)18/h18-20H,3-4H2,1-2,5H3. The zero-order valence-corrected chi connectivity index (χ0v) is 11.7. The zero-order valence-electron chi connectivity index (χ0n) is 11.7. The number of rotatable bonds is 1. The number of ketones is 1. The average molecular weight is 272 g/mol. The molecule has 0 unspecified atom stereocenters. The van der Waals surface area contributed by atoms with E-state index in [1.807, 2.05) is 0 Å². The molecule has 0 atom stereocenters. The quantitative estimate of drug-likeness (QED) is 0.544. The van der Waals surface area contributed by atoms with Crippen molar-refractivity contribution in [1.29, 1.82) is 0 Å². The Bertz CT molecular complexity index is 863. The van der Waals surface area contributed by atoms with Crippen LogP contribution in [0.1, 0.15) is 28.4 Å². The highest BCUT2D eigenvalue weighted by Crippen LogP contribution is 2.36. The number of aromatic hydroxyl groups is 3. The molecular weight excluding hydrogens is 256 g/mol. The highest BCUT2D eigenvalue weighted by atomic mass is 16.3. The predicted molar refractivity (Wildman–Crippen MR) is 78.7 cm³/mol. The summed E-state index contributed by atoms with van der Waals surface area (Å²) in [5.74, 6) is -0.826. The largest absolute Gasteiger partial charge is 0.507 e. The van der Waals surface area contributed by atoms with Gasteiger partial charge in [0.25, 0.3) is 0 Å². The first kappa shape index (κ1) is 13.9. The second-order valence-electron chi connectivity index (χ2n) is 4.93. The summed E-state index contributed by atoms with van der Waals surface area (Å²) in [7, 11) is 0. The van der Waals surface area contributed by atoms with Crippen molar-refractivity contribution in [3.8, 4) is 17.2 Å². The normalized spacial score (nSPS) is 10.9. The lowest BCUT2D eigenvalue weighted by molar-refractivity contribution is 0.101. The van der Waals surface area contributed by atoms with Gasteiger partial charge < -0.3 is 15.3 Å². The minimum Gasteiger partial charge on any atom is -0.507 e. The van der Waals surface area contributed by atoms with Crippen LogP contribution in [0, 0.1) is 13.8 Å². The number of hydrogen-bond donors (Lipinski definition) is 3. The molecular formula is C16H16O4. The van der Waals surface area contributed by atoms with Crippen LogP contribution in [0.4, 0.5) is 0 Å². The maximum Gasteiger partial charge on any atom is 0.164 e. The number of phenols is 3. The molecule has 0 heterocycles. The zero-order chi connectivity index (χ0) is 15.4. The number of fused-ring (bicyclic) bond motifs is 1. The number of benzene rings is 2. The number of carbonyl (C=O) groups excluding carboxylic acids is 1. The van der Waals surface area contributed by atoms with Crippen molar-refractivity contribution in [3.63, 3.8) is 0 Å². The van der Waals surface area contributed by atoms with E-state index < -0.39 is 0 Å². The Balaban J connectivity index is 3.32. The fourth-order valence-corrected chi connectivity index (χ4v) is 2.47. The van der Waals surface area contributed by atoms with Crippen LogP contribution in [0.15, 0.2) is 0 Å². The van der Waals surface area contributed by atoms with Crippen molar-refractivity contribution in [3.05, 3.63) is 27.1 Å². The van der Waals surface area contributed by atoms with Crippen LogP contribution < -0.4 is 10.4 Å². The van der Waals surface area contributed by atoms with E-state index in [4.69, 9.17) is 0 Å². The number of phenolic OH excluding ortho intramolecular Hbond substituents is 3. The van der Waals surface area contributed by atoms with Crippen molar-refractivity contribution >= 4 is 29.7 Å². The van der Waals surface area contributed by atoms with Gasteiger partial charge in [-0.2, -0.15) is 0 Å². The van der Waals surface area contributed by atoms with Gasteiger partial charge >= 0.3 is 0 Å². The van der Waals surface area contributed by atoms with Crippen molar-refractivity contribution < 1.29 is 20.1 Å². The van der Waals surface area contributed by atoms with Gasteiger partial charge in [0.05, 0.1) is 5.56 Å². The predicted octanol–water partition coefficient (Wildman–Crippen LogP) is 1.60. The van der Waals surface area contributed by atoms with Gasteiger partial charge in [-0.05, 0) is 37.1 Å². The van der Waals surface area contributed by atoms with Gasteiger partial charge in [0.2, 0.25) is 0 Å². The third-order valence-corrected chi connectivity index (χ3v) is 3.78. The van der Waals surface area contributed by atoms with Crippen molar-refractivity contribution in [2.75, 3.05) is 0 Å². The fraction of sp³-hybridized carbons (Fsp3) is 0.188. The molecule has 4 heteroatoms. The van der Waals surface area contributed by atoms with Crippen LogP contribution in [0.5, 0.6) is 17.2 Å². The Morgan fingerprint density at radius 3 is 1.65 bits per heavy atom. The Labute approximate surface area is 115 Å². The van der Waals surface area contributed by atoms with Gasteiger partial charge in [-0.1, -0.05) is 13.2 Å². The molecule has 0 saturated heterocycles. The molecule has 104 valence electrons. The molecule has 0 aliphatic carbocycles. The highest BCUT2D eigenvalue weighted by Gasteiger charge is 2.20. The molecule has 2 aromatic rings. The second kappa shape index (κ2) is 4.27. The van der Waals surface area contributed by atoms with E-state index in [1.165, 1.54) is 6.92 Å². The molecule has 2 aromatic carbocycles. The Morgan fingerprint density at radius 1 is 0.850 bits per heavy atom. The lowest BCUT2D eigenvalue weighted by atomic mass is 9.93. The number of carbonyl (C=O) groups is 1. The SMILES string of the molecule is C=c1c(O)c(C(C)=O)c(=C)c2c(O)c(C)c(C)c(O)c12. The maximum absolute atomic E-state index is 11.7. The topological polar surface area (TPSA) is 77.8 Å². The summed E-state index contributed by atoms with van der Waals surface area (Å²) in [6.45, 7) is 12.1. The summed E-state index contributed by atoms with van der Waals surface area (Å²) in [5.41, 5.74) is 1.01. The molecule has 3 N–H and O–H groups in total. The monoisotopic (exact) mass is 272 g/mol. The third kappa shape index (κ3) is 1.58. The Kier molecular flexibility index (Phi) is 2.97. The third-order valence-electron chi connectivity index (χ3n) is 3.78. The summed E-state index contributed by atoms with van der Waals surface area (Å²) in [6, 6.07) is 0. The molecule has 0 aromatic heterocycles. The summed E-state index contributed by atoms with van der Waals surface area (Å²) >= 11 is 0. The van der Waals surface area contributed by atoms with Crippen LogP contribution in [0.3, 0.4) is 0 Å². The first-order chi connectivity index (χ1) is 9.20. The maximum atomic E-state index is 11.7.